The van der Waals surface area contributed by atoms with E-state index in [-0.39, 0.29) is 23.2 Å². The van der Waals surface area contributed by atoms with E-state index in [1.54, 1.807) is 0 Å². The third-order valence-corrected chi connectivity index (χ3v) is 5.57. The van der Waals surface area contributed by atoms with Gasteiger partial charge in [-0.15, -0.1) is 0 Å². The molecule has 1 amide bonds. The Hall–Kier alpha value is -3.62. The van der Waals surface area contributed by atoms with Gasteiger partial charge < -0.3 is 9.84 Å². The van der Waals surface area contributed by atoms with Gasteiger partial charge in [0.1, 0.15) is 11.3 Å². The maximum Gasteiger partial charge on any atom is 0.270 e. The first-order valence-corrected chi connectivity index (χ1v) is 10.0. The van der Waals surface area contributed by atoms with Crippen molar-refractivity contribution in [2.75, 3.05) is 0 Å². The molecule has 0 saturated heterocycles. The van der Waals surface area contributed by atoms with E-state index >= 15 is 0 Å². The van der Waals surface area contributed by atoms with Crippen molar-refractivity contribution >= 4 is 11.6 Å². The summed E-state index contributed by atoms with van der Waals surface area (Å²) < 4.78 is 32.7. The van der Waals surface area contributed by atoms with E-state index in [1.165, 1.54) is 28.9 Å². The van der Waals surface area contributed by atoms with Gasteiger partial charge in [-0.1, -0.05) is 24.2 Å². The number of pyridine rings is 1. The van der Waals surface area contributed by atoms with E-state index in [2.05, 4.69) is 20.4 Å². The van der Waals surface area contributed by atoms with Crippen LogP contribution in [-0.2, 0) is 12.8 Å². The lowest BCUT2D eigenvalue weighted by Crippen LogP contribution is -2.28. The molecule has 1 atom stereocenters. The molecule has 3 heterocycles. The molecule has 0 unspecified atom stereocenters. The van der Waals surface area contributed by atoms with Crippen molar-refractivity contribution in [3.63, 3.8) is 0 Å². The second kappa shape index (κ2) is 7.57. The van der Waals surface area contributed by atoms with Gasteiger partial charge in [-0.05, 0) is 42.2 Å². The standard InChI is InChI=1S/C22H19F2N5O2/c1-2-19-27-21(28-31-19)13-3-6-15-12(9-13)4-7-16(15)26-22(30)17-10-25-18-8-5-14(20(23)24)11-29(17)18/h3,5-6,8-11,16,20H,2,4,7H2,1H3,(H,26,30)/t16-/m1/s1. The highest BCUT2D eigenvalue weighted by Crippen LogP contribution is 2.34. The number of carbonyl (C=O) groups is 1. The fourth-order valence-corrected chi connectivity index (χ4v) is 3.95. The summed E-state index contributed by atoms with van der Waals surface area (Å²) in [5.74, 6) is 0.781. The summed E-state index contributed by atoms with van der Waals surface area (Å²) in [6.07, 6.45) is 2.26. The Balaban J connectivity index is 1.38. The number of aryl methyl sites for hydroxylation is 2. The zero-order chi connectivity index (χ0) is 21.5. The van der Waals surface area contributed by atoms with E-state index in [4.69, 9.17) is 4.52 Å². The topological polar surface area (TPSA) is 85.3 Å². The Kier molecular flexibility index (Phi) is 4.72. The highest BCUT2D eigenvalue weighted by atomic mass is 19.3. The summed E-state index contributed by atoms with van der Waals surface area (Å²) >= 11 is 0. The number of nitrogens with zero attached hydrogens (tertiary/aromatic N) is 4. The van der Waals surface area contributed by atoms with Crippen LogP contribution in [-0.4, -0.2) is 25.4 Å². The number of imidazole rings is 1. The minimum atomic E-state index is -2.62. The maximum atomic E-state index is 13.1. The zero-order valence-corrected chi connectivity index (χ0v) is 16.7. The molecule has 1 N–H and O–H groups in total. The second-order valence-corrected chi connectivity index (χ2v) is 7.48. The molecule has 0 aliphatic heterocycles. The SMILES string of the molecule is CCc1nc(-c2ccc3c(c2)CC[C@H]3NC(=O)c2cnc3ccc(C(F)F)cn23)no1. The van der Waals surface area contributed by atoms with E-state index in [0.29, 0.717) is 23.8 Å². The Morgan fingerprint density at radius 1 is 1.32 bits per heavy atom. The molecule has 0 saturated carbocycles. The van der Waals surface area contributed by atoms with Gasteiger partial charge in [-0.25, -0.2) is 13.8 Å². The molecule has 1 aromatic carbocycles. The van der Waals surface area contributed by atoms with Gasteiger partial charge in [0.05, 0.1) is 12.2 Å². The van der Waals surface area contributed by atoms with Gasteiger partial charge >= 0.3 is 0 Å². The Morgan fingerprint density at radius 2 is 2.19 bits per heavy atom. The van der Waals surface area contributed by atoms with Gasteiger partial charge in [-0.2, -0.15) is 4.98 Å². The van der Waals surface area contributed by atoms with Gasteiger partial charge in [0.25, 0.3) is 12.3 Å². The van der Waals surface area contributed by atoms with Crippen molar-refractivity contribution in [3.05, 3.63) is 71.0 Å². The smallest absolute Gasteiger partial charge is 0.270 e. The molecular weight excluding hydrogens is 404 g/mol. The highest BCUT2D eigenvalue weighted by Gasteiger charge is 2.26. The minimum absolute atomic E-state index is 0.161. The van der Waals surface area contributed by atoms with Crippen molar-refractivity contribution in [1.29, 1.82) is 0 Å². The van der Waals surface area contributed by atoms with Crippen LogP contribution in [0.5, 0.6) is 0 Å². The average molecular weight is 423 g/mol. The first-order chi connectivity index (χ1) is 15.0. The van der Waals surface area contributed by atoms with Crippen molar-refractivity contribution in [3.8, 4) is 11.4 Å². The van der Waals surface area contributed by atoms with Crippen LogP contribution < -0.4 is 5.32 Å². The maximum absolute atomic E-state index is 13.1. The molecule has 0 bridgehead atoms. The van der Waals surface area contributed by atoms with E-state index in [0.717, 1.165) is 29.5 Å². The highest BCUT2D eigenvalue weighted by molar-refractivity contribution is 5.93. The Morgan fingerprint density at radius 3 is 2.97 bits per heavy atom. The quantitative estimate of drug-likeness (QED) is 0.517. The van der Waals surface area contributed by atoms with Crippen LogP contribution in [0.15, 0.2) is 47.2 Å². The lowest BCUT2D eigenvalue weighted by Gasteiger charge is -2.14. The predicted molar refractivity (Wildman–Crippen MR) is 108 cm³/mol. The fourth-order valence-electron chi connectivity index (χ4n) is 3.95. The molecule has 3 aromatic heterocycles. The average Bonchev–Trinajstić information content (AvgIpc) is 3.51. The number of carbonyl (C=O) groups excluding carboxylic acids is 1. The van der Waals surface area contributed by atoms with Gasteiger partial charge in [0.2, 0.25) is 11.7 Å². The fraction of sp³-hybridized carbons (Fsp3) is 0.273. The van der Waals surface area contributed by atoms with Crippen molar-refractivity contribution in [2.45, 2.75) is 38.7 Å². The molecule has 31 heavy (non-hydrogen) atoms. The number of rotatable bonds is 5. The Labute approximate surface area is 176 Å². The molecule has 4 aromatic rings. The minimum Gasteiger partial charge on any atom is -0.344 e. The number of amides is 1. The first-order valence-electron chi connectivity index (χ1n) is 10.0. The second-order valence-electron chi connectivity index (χ2n) is 7.48. The van der Waals surface area contributed by atoms with Gasteiger partial charge in [0.15, 0.2) is 0 Å². The molecule has 7 nitrogen and oxygen atoms in total. The summed E-state index contributed by atoms with van der Waals surface area (Å²) in [5, 5.41) is 7.03. The summed E-state index contributed by atoms with van der Waals surface area (Å²) in [4.78, 5) is 21.4. The number of benzene rings is 1. The van der Waals surface area contributed by atoms with Gasteiger partial charge in [0, 0.05) is 23.7 Å². The van der Waals surface area contributed by atoms with Crippen LogP contribution in [0.2, 0.25) is 0 Å². The lowest BCUT2D eigenvalue weighted by molar-refractivity contribution is 0.0930. The zero-order valence-electron chi connectivity index (χ0n) is 16.7. The summed E-state index contributed by atoms with van der Waals surface area (Å²) in [5.41, 5.74) is 3.52. The third kappa shape index (κ3) is 3.45. The van der Waals surface area contributed by atoms with Crippen LogP contribution in [0.3, 0.4) is 0 Å². The molecule has 0 spiro atoms. The van der Waals surface area contributed by atoms with Crippen LogP contribution >= 0.6 is 0 Å². The van der Waals surface area contributed by atoms with E-state index in [1.807, 2.05) is 25.1 Å². The molecule has 1 aliphatic rings. The normalized spacial score (nSPS) is 15.5. The molecule has 0 fully saturated rings. The van der Waals surface area contributed by atoms with Crippen LogP contribution in [0, 0.1) is 0 Å². The molecule has 1 aliphatic carbocycles. The number of hydrogen-bond donors (Lipinski definition) is 1. The van der Waals surface area contributed by atoms with Crippen molar-refractivity contribution < 1.29 is 18.1 Å². The summed E-state index contributed by atoms with van der Waals surface area (Å²) in [7, 11) is 0. The van der Waals surface area contributed by atoms with E-state index < -0.39 is 6.43 Å². The number of aromatic nitrogens is 4. The summed E-state index contributed by atoms with van der Waals surface area (Å²) in [6, 6.07) is 8.52. The van der Waals surface area contributed by atoms with Crippen LogP contribution in [0.25, 0.3) is 17.0 Å². The summed E-state index contributed by atoms with van der Waals surface area (Å²) in [6.45, 7) is 1.95. The van der Waals surface area contributed by atoms with Crippen molar-refractivity contribution in [1.82, 2.24) is 24.8 Å². The molecule has 9 heteroatoms. The molecule has 0 radical (unpaired) electrons. The van der Waals surface area contributed by atoms with Crippen LogP contribution in [0.4, 0.5) is 8.78 Å². The molecule has 158 valence electrons. The van der Waals surface area contributed by atoms with E-state index in [9.17, 15) is 13.6 Å². The van der Waals surface area contributed by atoms with Gasteiger partial charge in [-0.3, -0.25) is 9.20 Å². The number of fused-ring (bicyclic) bond motifs is 2. The third-order valence-electron chi connectivity index (χ3n) is 5.57. The monoisotopic (exact) mass is 423 g/mol. The Bertz CT molecular complexity index is 1280. The first kappa shape index (κ1) is 19.3. The van der Waals surface area contributed by atoms with Crippen molar-refractivity contribution in [2.24, 2.45) is 0 Å². The number of hydrogen-bond acceptors (Lipinski definition) is 5. The number of nitrogens with one attached hydrogen (secondary N) is 1. The lowest BCUT2D eigenvalue weighted by atomic mass is 10.0. The number of halogens is 2. The largest absolute Gasteiger partial charge is 0.344 e. The molecule has 5 rings (SSSR count). The number of alkyl halides is 2. The van der Waals surface area contributed by atoms with Crippen LogP contribution in [0.1, 0.15) is 58.9 Å². The predicted octanol–water partition coefficient (Wildman–Crippen LogP) is 4.30. The molecular formula is C22H19F2N5O2.